The average Bonchev–Trinajstić information content (AvgIpc) is 2.73. The zero-order chi connectivity index (χ0) is 19.1. The number of carbonyl (C=O) groups is 1. The van der Waals surface area contributed by atoms with Crippen LogP contribution >= 0.6 is 0 Å². The van der Waals surface area contributed by atoms with Crippen LogP contribution in [-0.4, -0.2) is 5.97 Å². The van der Waals surface area contributed by atoms with Crippen molar-refractivity contribution in [2.75, 3.05) is 0 Å². The Hall–Kier alpha value is -3.46. The van der Waals surface area contributed by atoms with Gasteiger partial charge in [-0.25, -0.2) is 4.39 Å². The first-order valence-corrected chi connectivity index (χ1v) is 9.28. The van der Waals surface area contributed by atoms with Crippen LogP contribution in [0.1, 0.15) is 23.5 Å². The second-order valence-corrected chi connectivity index (χ2v) is 7.04. The Kier molecular flexibility index (Phi) is 3.94. The van der Waals surface area contributed by atoms with E-state index in [9.17, 15) is 9.18 Å². The van der Waals surface area contributed by atoms with E-state index in [0.29, 0.717) is 5.75 Å². The van der Waals surface area contributed by atoms with Crippen LogP contribution in [0.25, 0.3) is 21.9 Å². The van der Waals surface area contributed by atoms with E-state index < -0.39 is 0 Å². The van der Waals surface area contributed by atoms with Crippen LogP contribution in [0.3, 0.4) is 0 Å². The number of fused-ring (bicyclic) bond motifs is 3. The SMILES string of the molecule is O=C1C[C@H](c2ccc(F)cc2)c2c(c(-c3ccccc3)cc3ccccc23)O1. The third-order valence-corrected chi connectivity index (χ3v) is 5.33. The van der Waals surface area contributed by atoms with Crippen molar-refractivity contribution in [3.63, 3.8) is 0 Å². The molecule has 0 bridgehead atoms. The fourth-order valence-corrected chi connectivity index (χ4v) is 4.05. The normalized spacial score (nSPS) is 15.9. The number of hydrogen-bond donors (Lipinski definition) is 0. The van der Waals surface area contributed by atoms with E-state index in [4.69, 9.17) is 4.74 Å². The monoisotopic (exact) mass is 368 g/mol. The lowest BCUT2D eigenvalue weighted by Crippen LogP contribution is -2.22. The molecule has 0 saturated carbocycles. The lowest BCUT2D eigenvalue weighted by Gasteiger charge is -2.28. The summed E-state index contributed by atoms with van der Waals surface area (Å²) in [6.07, 6.45) is 0.237. The number of hydrogen-bond acceptors (Lipinski definition) is 2. The van der Waals surface area contributed by atoms with Gasteiger partial charge in [0.25, 0.3) is 0 Å². The van der Waals surface area contributed by atoms with Crippen molar-refractivity contribution in [2.24, 2.45) is 0 Å². The third kappa shape index (κ3) is 2.76. The maximum Gasteiger partial charge on any atom is 0.312 e. The van der Waals surface area contributed by atoms with Crippen molar-refractivity contribution < 1.29 is 13.9 Å². The summed E-state index contributed by atoms with van der Waals surface area (Å²) >= 11 is 0. The van der Waals surface area contributed by atoms with Gasteiger partial charge >= 0.3 is 5.97 Å². The van der Waals surface area contributed by atoms with Crippen molar-refractivity contribution in [3.05, 3.63) is 102 Å². The fourth-order valence-electron chi connectivity index (χ4n) is 4.05. The maximum absolute atomic E-state index is 13.5. The molecule has 1 heterocycles. The first-order chi connectivity index (χ1) is 13.7. The van der Waals surface area contributed by atoms with Gasteiger partial charge in [-0.2, -0.15) is 0 Å². The lowest BCUT2D eigenvalue weighted by molar-refractivity contribution is -0.135. The van der Waals surface area contributed by atoms with Crippen molar-refractivity contribution in [1.29, 1.82) is 0 Å². The van der Waals surface area contributed by atoms with Crippen molar-refractivity contribution >= 4 is 16.7 Å². The standard InChI is InChI=1S/C25H17FO2/c26-19-12-10-17(11-13-19)21-15-23(27)28-25-22(16-6-2-1-3-7-16)14-18-8-4-5-9-20(18)24(21)25/h1-14,21H,15H2/t21-/m1/s1. The van der Waals surface area contributed by atoms with Gasteiger partial charge in [-0.1, -0.05) is 66.7 Å². The Morgan fingerprint density at radius 1 is 0.857 bits per heavy atom. The third-order valence-electron chi connectivity index (χ3n) is 5.33. The first kappa shape index (κ1) is 16.7. The number of esters is 1. The van der Waals surface area contributed by atoms with Gasteiger partial charge in [-0.3, -0.25) is 4.79 Å². The predicted molar refractivity (Wildman–Crippen MR) is 108 cm³/mol. The topological polar surface area (TPSA) is 26.3 Å². The van der Waals surface area contributed by atoms with Crippen LogP contribution in [0.5, 0.6) is 5.75 Å². The van der Waals surface area contributed by atoms with Crippen molar-refractivity contribution in [1.82, 2.24) is 0 Å². The minimum atomic E-state index is -0.287. The minimum Gasteiger partial charge on any atom is -0.425 e. The second kappa shape index (κ2) is 6.61. The van der Waals surface area contributed by atoms with Crippen molar-refractivity contribution in [2.45, 2.75) is 12.3 Å². The number of ether oxygens (including phenoxy) is 1. The fraction of sp³-hybridized carbons (Fsp3) is 0.0800. The van der Waals surface area contributed by atoms with Crippen molar-refractivity contribution in [3.8, 4) is 16.9 Å². The highest BCUT2D eigenvalue weighted by atomic mass is 19.1. The summed E-state index contributed by atoms with van der Waals surface area (Å²) in [5.41, 5.74) is 3.80. The van der Waals surface area contributed by atoms with E-state index >= 15 is 0 Å². The molecule has 1 aliphatic heterocycles. The van der Waals surface area contributed by atoms with Gasteiger partial charge in [0, 0.05) is 17.0 Å². The maximum atomic E-state index is 13.5. The molecule has 0 fully saturated rings. The summed E-state index contributed by atoms with van der Waals surface area (Å²) in [6.45, 7) is 0. The Bertz CT molecular complexity index is 1180. The van der Waals surface area contributed by atoms with Gasteiger partial charge in [-0.05, 0) is 40.1 Å². The minimum absolute atomic E-state index is 0.176. The summed E-state index contributed by atoms with van der Waals surface area (Å²) in [4.78, 5) is 12.5. The van der Waals surface area contributed by atoms with E-state index in [2.05, 4.69) is 18.2 Å². The Morgan fingerprint density at radius 3 is 2.36 bits per heavy atom. The molecule has 3 heteroatoms. The summed E-state index contributed by atoms with van der Waals surface area (Å²) in [5.74, 6) is -0.125. The van der Waals surface area contributed by atoms with Crippen LogP contribution in [-0.2, 0) is 4.79 Å². The lowest BCUT2D eigenvalue weighted by atomic mass is 9.81. The molecule has 28 heavy (non-hydrogen) atoms. The second-order valence-electron chi connectivity index (χ2n) is 7.04. The molecule has 2 nitrogen and oxygen atoms in total. The Balaban J connectivity index is 1.83. The summed E-state index contributed by atoms with van der Waals surface area (Å²) in [5, 5.41) is 2.14. The number of halogens is 1. The molecular weight excluding hydrogens is 351 g/mol. The molecule has 0 aromatic heterocycles. The highest BCUT2D eigenvalue weighted by molar-refractivity contribution is 5.98. The molecule has 136 valence electrons. The molecule has 5 rings (SSSR count). The molecular formula is C25H17FO2. The quantitative estimate of drug-likeness (QED) is 0.316. The van der Waals surface area contributed by atoms with Gasteiger partial charge in [0.2, 0.25) is 0 Å². The van der Waals surface area contributed by atoms with Crippen LogP contribution in [0.15, 0.2) is 84.9 Å². The Labute approximate surface area is 162 Å². The molecule has 0 spiro atoms. The van der Waals surface area contributed by atoms with Gasteiger partial charge in [0.05, 0.1) is 6.42 Å². The smallest absolute Gasteiger partial charge is 0.312 e. The summed E-state index contributed by atoms with van der Waals surface area (Å²) in [7, 11) is 0. The first-order valence-electron chi connectivity index (χ1n) is 9.28. The highest BCUT2D eigenvalue weighted by Crippen LogP contribution is 2.48. The zero-order valence-electron chi connectivity index (χ0n) is 15.1. The molecule has 0 saturated heterocycles. The van der Waals surface area contributed by atoms with Gasteiger partial charge in [0.15, 0.2) is 0 Å². The van der Waals surface area contributed by atoms with Crippen LogP contribution in [0.2, 0.25) is 0 Å². The molecule has 4 aromatic carbocycles. The van der Waals surface area contributed by atoms with Crippen LogP contribution < -0.4 is 4.74 Å². The number of benzene rings is 4. The summed E-state index contributed by atoms with van der Waals surface area (Å²) < 4.78 is 19.3. The van der Waals surface area contributed by atoms with E-state index in [-0.39, 0.29) is 24.1 Å². The number of rotatable bonds is 2. The molecule has 0 amide bonds. The van der Waals surface area contributed by atoms with Gasteiger partial charge in [-0.15, -0.1) is 0 Å². The largest absolute Gasteiger partial charge is 0.425 e. The molecule has 4 aromatic rings. The van der Waals surface area contributed by atoms with E-state index in [0.717, 1.165) is 33.0 Å². The highest BCUT2D eigenvalue weighted by Gasteiger charge is 2.32. The van der Waals surface area contributed by atoms with Gasteiger partial charge < -0.3 is 4.74 Å². The molecule has 0 aliphatic carbocycles. The average molecular weight is 368 g/mol. The zero-order valence-corrected chi connectivity index (χ0v) is 15.1. The molecule has 0 N–H and O–H groups in total. The van der Waals surface area contributed by atoms with Gasteiger partial charge in [0.1, 0.15) is 11.6 Å². The molecule has 0 radical (unpaired) electrons. The predicted octanol–water partition coefficient (Wildman–Crippen LogP) is 6.09. The molecule has 1 atom stereocenters. The summed E-state index contributed by atoms with van der Waals surface area (Å²) in [6, 6.07) is 26.5. The van der Waals surface area contributed by atoms with E-state index in [1.807, 2.05) is 42.5 Å². The van der Waals surface area contributed by atoms with Crippen LogP contribution in [0, 0.1) is 5.82 Å². The van der Waals surface area contributed by atoms with Crippen LogP contribution in [0.4, 0.5) is 4.39 Å². The molecule has 0 unspecified atom stereocenters. The Morgan fingerprint density at radius 2 is 1.57 bits per heavy atom. The van der Waals surface area contributed by atoms with E-state index in [1.54, 1.807) is 12.1 Å². The van der Waals surface area contributed by atoms with E-state index in [1.165, 1.54) is 12.1 Å². The number of carbonyl (C=O) groups excluding carboxylic acids is 1. The molecule has 1 aliphatic rings.